The fourth-order valence-corrected chi connectivity index (χ4v) is 3.03. The molecule has 3 rings (SSSR count). The van der Waals surface area contributed by atoms with Crippen molar-refractivity contribution in [2.75, 3.05) is 13.1 Å². The number of aromatic nitrogens is 2. The Hall–Kier alpha value is -1.88. The van der Waals surface area contributed by atoms with Crippen LogP contribution >= 0.6 is 0 Å². The molecule has 0 bridgehead atoms. The van der Waals surface area contributed by atoms with Gasteiger partial charge in [-0.15, -0.1) is 0 Å². The van der Waals surface area contributed by atoms with Crippen LogP contribution in [0.5, 0.6) is 0 Å². The molecular formula is C16H21N3O2. The molecule has 5 heteroatoms. The van der Waals surface area contributed by atoms with Gasteiger partial charge in [0.25, 0.3) is 5.91 Å². The van der Waals surface area contributed by atoms with E-state index >= 15 is 0 Å². The number of benzene rings is 1. The molecule has 1 amide bonds. The van der Waals surface area contributed by atoms with Gasteiger partial charge in [0.15, 0.2) is 5.69 Å². The van der Waals surface area contributed by atoms with Gasteiger partial charge in [0.05, 0.1) is 11.6 Å². The molecule has 2 unspecified atom stereocenters. The van der Waals surface area contributed by atoms with Crippen LogP contribution in [0.25, 0.3) is 10.9 Å². The summed E-state index contributed by atoms with van der Waals surface area (Å²) in [4.78, 5) is 14.5. The Labute approximate surface area is 124 Å². The highest BCUT2D eigenvalue weighted by molar-refractivity contribution is 6.04. The smallest absolute Gasteiger partial charge is 0.275 e. The van der Waals surface area contributed by atoms with Gasteiger partial charge in [-0.05, 0) is 38.8 Å². The van der Waals surface area contributed by atoms with Crippen LogP contribution in [0.15, 0.2) is 18.2 Å². The minimum absolute atomic E-state index is 0.0443. The molecule has 2 N–H and O–H groups in total. The normalized spacial score (nSPS) is 20.7. The van der Waals surface area contributed by atoms with E-state index in [2.05, 4.69) is 10.2 Å². The zero-order chi connectivity index (χ0) is 15.0. The Morgan fingerprint density at radius 2 is 2.33 bits per heavy atom. The van der Waals surface area contributed by atoms with Crippen molar-refractivity contribution < 1.29 is 9.90 Å². The number of carbonyl (C=O) groups excluding carboxylic acids is 1. The Morgan fingerprint density at radius 1 is 1.52 bits per heavy atom. The Kier molecular flexibility index (Phi) is 3.68. The predicted molar refractivity (Wildman–Crippen MR) is 81.1 cm³/mol. The second-order valence-electron chi connectivity index (χ2n) is 6.02. The number of aliphatic hydroxyl groups excluding tert-OH is 1. The van der Waals surface area contributed by atoms with Crippen molar-refractivity contribution in [3.05, 3.63) is 29.5 Å². The number of likely N-dealkylation sites (tertiary alicyclic amines) is 1. The lowest BCUT2D eigenvalue weighted by molar-refractivity contribution is 0.0463. The summed E-state index contributed by atoms with van der Waals surface area (Å²) in [6, 6.07) is 5.94. The topological polar surface area (TPSA) is 69.2 Å². The van der Waals surface area contributed by atoms with Gasteiger partial charge in [-0.25, -0.2) is 0 Å². The number of fused-ring (bicyclic) bond motifs is 1. The molecule has 0 spiro atoms. The lowest BCUT2D eigenvalue weighted by atomic mass is 9.93. The van der Waals surface area contributed by atoms with Gasteiger partial charge in [-0.1, -0.05) is 11.6 Å². The largest absolute Gasteiger partial charge is 0.393 e. The molecule has 1 aromatic carbocycles. The summed E-state index contributed by atoms with van der Waals surface area (Å²) in [6.07, 6.45) is 1.53. The lowest BCUT2D eigenvalue weighted by Gasteiger charge is -2.33. The number of aryl methyl sites for hydroxylation is 1. The minimum Gasteiger partial charge on any atom is -0.393 e. The van der Waals surface area contributed by atoms with Gasteiger partial charge in [0.1, 0.15) is 0 Å². The van der Waals surface area contributed by atoms with Crippen LogP contribution < -0.4 is 0 Å². The van der Waals surface area contributed by atoms with E-state index in [4.69, 9.17) is 0 Å². The first kappa shape index (κ1) is 14.1. The average Bonchev–Trinajstić information content (AvgIpc) is 2.89. The zero-order valence-electron chi connectivity index (χ0n) is 12.5. The Balaban J connectivity index is 1.88. The Morgan fingerprint density at radius 3 is 3.10 bits per heavy atom. The van der Waals surface area contributed by atoms with Crippen LogP contribution in [0, 0.1) is 12.8 Å². The van der Waals surface area contributed by atoms with Crippen molar-refractivity contribution in [2.45, 2.75) is 32.8 Å². The average molecular weight is 287 g/mol. The SMILES string of the molecule is Cc1ccc2[nH]nc(C(=O)N3CCCC(C(C)O)C3)c2c1. The van der Waals surface area contributed by atoms with E-state index in [0.717, 1.165) is 35.9 Å². The quantitative estimate of drug-likeness (QED) is 0.888. The van der Waals surface area contributed by atoms with Crippen molar-refractivity contribution in [1.82, 2.24) is 15.1 Å². The summed E-state index contributed by atoms with van der Waals surface area (Å²) in [5.41, 5.74) is 2.48. The highest BCUT2D eigenvalue weighted by Gasteiger charge is 2.28. The maximum atomic E-state index is 12.7. The van der Waals surface area contributed by atoms with E-state index < -0.39 is 0 Å². The standard InChI is InChI=1S/C16H21N3O2/c1-10-5-6-14-13(8-10)15(18-17-14)16(21)19-7-3-4-12(9-19)11(2)20/h5-6,8,11-12,20H,3-4,7,9H2,1-2H3,(H,17,18). The van der Waals surface area contributed by atoms with Gasteiger partial charge in [0, 0.05) is 24.4 Å². The Bertz CT molecular complexity index is 663. The van der Waals surface area contributed by atoms with Gasteiger partial charge >= 0.3 is 0 Å². The third-order valence-corrected chi connectivity index (χ3v) is 4.35. The van der Waals surface area contributed by atoms with Crippen LogP contribution in [0.1, 0.15) is 35.8 Å². The predicted octanol–water partition coefficient (Wildman–Crippen LogP) is 2.10. The second kappa shape index (κ2) is 5.48. The van der Waals surface area contributed by atoms with Crippen molar-refractivity contribution in [2.24, 2.45) is 5.92 Å². The summed E-state index contributed by atoms with van der Waals surface area (Å²) < 4.78 is 0. The number of piperidine rings is 1. The van der Waals surface area contributed by atoms with Crippen molar-refractivity contribution in [3.8, 4) is 0 Å². The van der Waals surface area contributed by atoms with Gasteiger partial charge < -0.3 is 10.0 Å². The fourth-order valence-electron chi connectivity index (χ4n) is 3.03. The molecule has 1 aliphatic heterocycles. The van der Waals surface area contributed by atoms with Gasteiger partial charge in [-0.3, -0.25) is 9.89 Å². The molecule has 0 aliphatic carbocycles. The lowest BCUT2D eigenvalue weighted by Crippen LogP contribution is -2.43. The molecule has 0 radical (unpaired) electrons. The van der Waals surface area contributed by atoms with Gasteiger partial charge in [-0.2, -0.15) is 5.10 Å². The summed E-state index contributed by atoms with van der Waals surface area (Å²) in [6.45, 7) is 5.15. The van der Waals surface area contributed by atoms with E-state index in [-0.39, 0.29) is 17.9 Å². The van der Waals surface area contributed by atoms with E-state index in [1.165, 1.54) is 0 Å². The summed E-state index contributed by atoms with van der Waals surface area (Å²) >= 11 is 0. The third-order valence-electron chi connectivity index (χ3n) is 4.35. The molecule has 0 saturated carbocycles. The second-order valence-corrected chi connectivity index (χ2v) is 6.02. The number of rotatable bonds is 2. The third kappa shape index (κ3) is 2.65. The summed E-state index contributed by atoms with van der Waals surface area (Å²) in [5.74, 6) is 0.117. The van der Waals surface area contributed by atoms with Crippen LogP contribution in [-0.2, 0) is 0 Å². The summed E-state index contributed by atoms with van der Waals surface area (Å²) in [7, 11) is 0. The molecule has 1 aliphatic rings. The molecule has 2 aromatic rings. The van der Waals surface area contributed by atoms with E-state index in [1.807, 2.05) is 30.0 Å². The number of hydrogen-bond donors (Lipinski definition) is 2. The van der Waals surface area contributed by atoms with Crippen molar-refractivity contribution >= 4 is 16.8 Å². The van der Waals surface area contributed by atoms with Crippen molar-refractivity contribution in [3.63, 3.8) is 0 Å². The minimum atomic E-state index is -0.376. The number of aromatic amines is 1. The molecule has 2 atom stereocenters. The highest BCUT2D eigenvalue weighted by Crippen LogP contribution is 2.24. The number of nitrogens with zero attached hydrogens (tertiary/aromatic N) is 2. The number of amides is 1. The first-order valence-corrected chi connectivity index (χ1v) is 7.48. The van der Waals surface area contributed by atoms with Crippen LogP contribution in [0.2, 0.25) is 0 Å². The van der Waals surface area contributed by atoms with Crippen LogP contribution in [-0.4, -0.2) is 45.3 Å². The summed E-state index contributed by atoms with van der Waals surface area (Å²) in [5, 5.41) is 17.8. The molecule has 2 heterocycles. The number of carbonyl (C=O) groups is 1. The fraction of sp³-hybridized carbons (Fsp3) is 0.500. The molecule has 1 fully saturated rings. The first-order valence-electron chi connectivity index (χ1n) is 7.48. The zero-order valence-corrected chi connectivity index (χ0v) is 12.5. The molecule has 112 valence electrons. The highest BCUT2D eigenvalue weighted by atomic mass is 16.3. The monoisotopic (exact) mass is 287 g/mol. The van der Waals surface area contributed by atoms with E-state index in [1.54, 1.807) is 6.92 Å². The molecular weight excluding hydrogens is 266 g/mol. The van der Waals surface area contributed by atoms with E-state index in [0.29, 0.717) is 12.2 Å². The molecule has 1 aromatic heterocycles. The van der Waals surface area contributed by atoms with Crippen LogP contribution in [0.3, 0.4) is 0 Å². The van der Waals surface area contributed by atoms with Gasteiger partial charge in [0.2, 0.25) is 0 Å². The van der Waals surface area contributed by atoms with E-state index in [9.17, 15) is 9.90 Å². The molecule has 1 saturated heterocycles. The maximum absolute atomic E-state index is 12.7. The maximum Gasteiger partial charge on any atom is 0.275 e. The van der Waals surface area contributed by atoms with Crippen LogP contribution in [0.4, 0.5) is 0 Å². The number of hydrogen-bond acceptors (Lipinski definition) is 3. The number of aliphatic hydroxyl groups is 1. The molecule has 21 heavy (non-hydrogen) atoms. The molecule has 5 nitrogen and oxygen atoms in total. The number of H-pyrrole nitrogens is 1. The number of nitrogens with one attached hydrogen (secondary N) is 1. The first-order chi connectivity index (χ1) is 10.1. The van der Waals surface area contributed by atoms with Crippen molar-refractivity contribution in [1.29, 1.82) is 0 Å².